The summed E-state index contributed by atoms with van der Waals surface area (Å²) in [7, 11) is 0. The van der Waals surface area contributed by atoms with Crippen molar-refractivity contribution in [3.8, 4) is 0 Å². The first-order chi connectivity index (χ1) is 7.99. The summed E-state index contributed by atoms with van der Waals surface area (Å²) in [5.41, 5.74) is 0.433. The van der Waals surface area contributed by atoms with Crippen LogP contribution >= 0.6 is 0 Å². The van der Waals surface area contributed by atoms with Crippen LogP contribution in [0.2, 0.25) is 0 Å². The molecule has 1 amide bonds. The quantitative estimate of drug-likeness (QED) is 0.784. The number of benzene rings is 1. The molecule has 0 radical (unpaired) electrons. The predicted molar refractivity (Wildman–Crippen MR) is 65.3 cm³/mol. The smallest absolute Gasteiger partial charge is 0.243 e. The van der Waals surface area contributed by atoms with Crippen LogP contribution in [0.25, 0.3) is 0 Å². The van der Waals surface area contributed by atoms with E-state index in [0.29, 0.717) is 12.3 Å². The van der Waals surface area contributed by atoms with Crippen molar-refractivity contribution in [1.29, 1.82) is 0 Å². The van der Waals surface area contributed by atoms with E-state index in [4.69, 9.17) is 4.74 Å². The van der Waals surface area contributed by atoms with Crippen molar-refractivity contribution in [2.75, 3.05) is 0 Å². The van der Waals surface area contributed by atoms with Crippen LogP contribution in [0.3, 0.4) is 0 Å². The summed E-state index contributed by atoms with van der Waals surface area (Å²) >= 11 is 0. The van der Waals surface area contributed by atoms with E-state index < -0.39 is 5.72 Å². The molecule has 1 aliphatic rings. The Balaban J connectivity index is 2.14. The topological polar surface area (TPSA) is 41.9 Å². The van der Waals surface area contributed by atoms with Gasteiger partial charge in [0.1, 0.15) is 0 Å². The first-order valence-corrected chi connectivity index (χ1v) is 5.60. The van der Waals surface area contributed by atoms with E-state index in [9.17, 15) is 4.79 Å². The molecule has 90 valence electrons. The van der Waals surface area contributed by atoms with Crippen LogP contribution in [0.4, 0.5) is 0 Å². The van der Waals surface area contributed by atoms with Crippen molar-refractivity contribution in [3.63, 3.8) is 0 Å². The highest BCUT2D eigenvalue weighted by Crippen LogP contribution is 2.25. The summed E-state index contributed by atoms with van der Waals surface area (Å²) in [6.07, 6.45) is 0.605. The minimum absolute atomic E-state index is 0.113. The van der Waals surface area contributed by atoms with E-state index in [2.05, 4.69) is 5.10 Å². The van der Waals surface area contributed by atoms with Gasteiger partial charge in [-0.1, -0.05) is 30.3 Å². The molecule has 17 heavy (non-hydrogen) atoms. The van der Waals surface area contributed by atoms with Crippen molar-refractivity contribution < 1.29 is 9.53 Å². The maximum Gasteiger partial charge on any atom is 0.243 e. The maximum absolute atomic E-state index is 11.4. The largest absolute Gasteiger partial charge is 0.451 e. The van der Waals surface area contributed by atoms with Gasteiger partial charge < -0.3 is 4.74 Å². The van der Waals surface area contributed by atoms with Crippen molar-refractivity contribution in [1.82, 2.24) is 5.01 Å². The first kappa shape index (κ1) is 11.6. The zero-order valence-corrected chi connectivity index (χ0v) is 10.3. The Morgan fingerprint density at radius 2 is 2.00 bits per heavy atom. The minimum atomic E-state index is -0.685. The third-order valence-corrected chi connectivity index (χ3v) is 2.59. The number of carbonyl (C=O) groups excluding carboxylic acids is 1. The highest BCUT2D eigenvalue weighted by atomic mass is 16.5. The molecule has 0 bridgehead atoms. The molecule has 0 saturated carbocycles. The fraction of sp³-hybridized carbons (Fsp3) is 0.385. The minimum Gasteiger partial charge on any atom is -0.451 e. The Morgan fingerprint density at radius 1 is 1.35 bits per heavy atom. The molecule has 1 aromatic carbocycles. The van der Waals surface area contributed by atoms with Crippen LogP contribution in [0.1, 0.15) is 26.3 Å². The van der Waals surface area contributed by atoms with Gasteiger partial charge in [-0.2, -0.15) is 5.01 Å². The van der Waals surface area contributed by atoms with Gasteiger partial charge in [0.05, 0.1) is 6.42 Å². The van der Waals surface area contributed by atoms with Crippen LogP contribution in [0.5, 0.6) is 0 Å². The molecule has 1 heterocycles. The van der Waals surface area contributed by atoms with Crippen LogP contribution in [-0.2, 0) is 16.0 Å². The van der Waals surface area contributed by atoms with Gasteiger partial charge in [0.2, 0.25) is 17.5 Å². The fourth-order valence-corrected chi connectivity index (χ4v) is 1.88. The molecule has 0 fully saturated rings. The number of hydrogen-bond acceptors (Lipinski definition) is 3. The SMILES string of the molecule is CC(=O)N1N=C(Cc2ccccc2)OC1(C)C. The molecule has 0 unspecified atom stereocenters. The predicted octanol–water partition coefficient (Wildman–Crippen LogP) is 2.16. The summed E-state index contributed by atoms with van der Waals surface area (Å²) in [5.74, 6) is 0.467. The van der Waals surface area contributed by atoms with Gasteiger partial charge >= 0.3 is 0 Å². The number of nitrogens with zero attached hydrogens (tertiary/aromatic N) is 2. The van der Waals surface area contributed by atoms with Gasteiger partial charge in [-0.25, -0.2) is 0 Å². The first-order valence-electron chi connectivity index (χ1n) is 5.60. The summed E-state index contributed by atoms with van der Waals surface area (Å²) in [4.78, 5) is 11.4. The van der Waals surface area contributed by atoms with Crippen molar-refractivity contribution in [2.24, 2.45) is 5.10 Å². The molecular formula is C13H16N2O2. The summed E-state index contributed by atoms with van der Waals surface area (Å²) in [5, 5.41) is 5.59. The average Bonchev–Trinajstić information content (AvgIpc) is 2.55. The number of rotatable bonds is 2. The van der Waals surface area contributed by atoms with Gasteiger partial charge in [0.25, 0.3) is 0 Å². The molecule has 0 atom stereocenters. The molecule has 4 nitrogen and oxygen atoms in total. The van der Waals surface area contributed by atoms with Crippen molar-refractivity contribution in [2.45, 2.75) is 32.9 Å². The lowest BCUT2D eigenvalue weighted by Gasteiger charge is -2.25. The second-order valence-corrected chi connectivity index (χ2v) is 4.54. The third-order valence-electron chi connectivity index (χ3n) is 2.59. The number of amides is 1. The normalized spacial score (nSPS) is 17.6. The monoisotopic (exact) mass is 232 g/mol. The zero-order chi connectivity index (χ0) is 12.5. The van der Waals surface area contributed by atoms with Crippen LogP contribution in [-0.4, -0.2) is 22.5 Å². The lowest BCUT2D eigenvalue weighted by Crippen LogP contribution is -2.41. The molecular weight excluding hydrogens is 216 g/mol. The van der Waals surface area contributed by atoms with Gasteiger partial charge in [0, 0.05) is 6.92 Å². The average molecular weight is 232 g/mol. The third kappa shape index (κ3) is 2.46. The molecule has 1 aromatic rings. The van der Waals surface area contributed by atoms with E-state index in [-0.39, 0.29) is 5.91 Å². The molecule has 0 N–H and O–H groups in total. The second-order valence-electron chi connectivity index (χ2n) is 4.54. The number of hydrazone groups is 1. The summed E-state index contributed by atoms with van der Waals surface area (Å²) < 4.78 is 5.68. The van der Waals surface area contributed by atoms with Gasteiger partial charge in [0.15, 0.2) is 0 Å². The van der Waals surface area contributed by atoms with Gasteiger partial charge in [-0.15, -0.1) is 5.10 Å². The number of carbonyl (C=O) groups is 1. The molecule has 2 rings (SSSR count). The molecule has 0 aromatic heterocycles. The van der Waals surface area contributed by atoms with Crippen LogP contribution in [0.15, 0.2) is 35.4 Å². The van der Waals surface area contributed by atoms with Crippen LogP contribution < -0.4 is 0 Å². The Labute approximate surface area is 101 Å². The lowest BCUT2D eigenvalue weighted by molar-refractivity contribution is -0.142. The summed E-state index contributed by atoms with van der Waals surface area (Å²) in [6.45, 7) is 5.14. The van der Waals surface area contributed by atoms with Crippen LogP contribution in [0, 0.1) is 0 Å². The van der Waals surface area contributed by atoms with E-state index in [1.165, 1.54) is 11.9 Å². The summed E-state index contributed by atoms with van der Waals surface area (Å²) in [6, 6.07) is 9.93. The van der Waals surface area contributed by atoms with E-state index in [0.717, 1.165) is 5.56 Å². The maximum atomic E-state index is 11.4. The molecule has 0 aliphatic carbocycles. The fourth-order valence-electron chi connectivity index (χ4n) is 1.88. The lowest BCUT2D eigenvalue weighted by atomic mass is 10.1. The molecule has 0 saturated heterocycles. The highest BCUT2D eigenvalue weighted by molar-refractivity contribution is 5.84. The highest BCUT2D eigenvalue weighted by Gasteiger charge is 2.38. The van der Waals surface area contributed by atoms with Gasteiger partial charge in [-0.05, 0) is 19.4 Å². The van der Waals surface area contributed by atoms with Gasteiger partial charge in [-0.3, -0.25) is 4.79 Å². The number of ether oxygens (including phenoxy) is 1. The molecule has 1 aliphatic heterocycles. The standard InChI is InChI=1S/C13H16N2O2/c1-10(16)15-13(2,3)17-12(14-15)9-11-7-5-4-6-8-11/h4-8H,9H2,1-3H3. The Bertz CT molecular complexity index is 452. The zero-order valence-electron chi connectivity index (χ0n) is 10.3. The Hall–Kier alpha value is -1.84. The van der Waals surface area contributed by atoms with E-state index in [1.807, 2.05) is 44.2 Å². The van der Waals surface area contributed by atoms with E-state index in [1.54, 1.807) is 0 Å². The Morgan fingerprint density at radius 3 is 2.53 bits per heavy atom. The van der Waals surface area contributed by atoms with Crippen molar-refractivity contribution >= 4 is 11.8 Å². The van der Waals surface area contributed by atoms with Crippen molar-refractivity contribution in [3.05, 3.63) is 35.9 Å². The number of hydrogen-bond donors (Lipinski definition) is 0. The Kier molecular flexibility index (Phi) is 2.88. The molecule has 0 spiro atoms. The van der Waals surface area contributed by atoms with E-state index >= 15 is 0 Å². The second kappa shape index (κ2) is 4.20. The molecule has 4 heteroatoms.